The Labute approximate surface area is 88.7 Å². The molecule has 0 atom stereocenters. The van der Waals surface area contributed by atoms with Crippen LogP contribution in [0.1, 0.15) is 37.5 Å². The summed E-state index contributed by atoms with van der Waals surface area (Å²) in [5.74, 6) is 0. The van der Waals surface area contributed by atoms with Gasteiger partial charge in [0.1, 0.15) is 0 Å². The van der Waals surface area contributed by atoms with Crippen LogP contribution in [-0.2, 0) is 12.8 Å². The van der Waals surface area contributed by atoms with Crippen molar-refractivity contribution in [2.75, 3.05) is 0 Å². The molecule has 0 N–H and O–H groups in total. The highest BCUT2D eigenvalue weighted by Gasteiger charge is 1.95. The van der Waals surface area contributed by atoms with Crippen molar-refractivity contribution in [3.63, 3.8) is 0 Å². The van der Waals surface area contributed by atoms with Gasteiger partial charge in [0.25, 0.3) is 0 Å². The molecule has 1 rings (SSSR count). The highest BCUT2D eigenvalue weighted by molar-refractivity contribution is 5.30. The quantitative estimate of drug-likeness (QED) is 0.609. The largest absolute Gasteiger partial charge is 0.103 e. The molecule has 0 saturated carbocycles. The van der Waals surface area contributed by atoms with Crippen molar-refractivity contribution >= 4 is 0 Å². The molecular formula is C14H22. The summed E-state index contributed by atoms with van der Waals surface area (Å²) in [4.78, 5) is 0. The summed E-state index contributed by atoms with van der Waals surface area (Å²) in [6, 6.07) is 6.76. The first-order valence-corrected chi connectivity index (χ1v) is 5.34. The summed E-state index contributed by atoms with van der Waals surface area (Å²) in [5.41, 5.74) is 4.36. The van der Waals surface area contributed by atoms with Gasteiger partial charge in [-0.25, -0.2) is 0 Å². The lowest BCUT2D eigenvalue weighted by molar-refractivity contribution is 1.07. The van der Waals surface area contributed by atoms with Gasteiger partial charge in [0.05, 0.1) is 0 Å². The van der Waals surface area contributed by atoms with Crippen LogP contribution in [0.5, 0.6) is 0 Å². The lowest BCUT2D eigenvalue weighted by Crippen LogP contribution is -1.88. The van der Waals surface area contributed by atoms with Crippen LogP contribution in [0.15, 0.2) is 30.9 Å². The fourth-order valence-corrected chi connectivity index (χ4v) is 1.37. The summed E-state index contributed by atoms with van der Waals surface area (Å²) < 4.78 is 0. The van der Waals surface area contributed by atoms with E-state index >= 15 is 0 Å². The van der Waals surface area contributed by atoms with Crippen LogP contribution in [0.3, 0.4) is 0 Å². The molecule has 0 heterocycles. The zero-order chi connectivity index (χ0) is 11.0. The van der Waals surface area contributed by atoms with E-state index in [2.05, 4.69) is 45.5 Å². The second-order valence-electron chi connectivity index (χ2n) is 3.38. The third-order valence-corrected chi connectivity index (χ3v) is 2.20. The van der Waals surface area contributed by atoms with Crippen molar-refractivity contribution in [3.8, 4) is 0 Å². The molecular weight excluding hydrogens is 168 g/mol. The highest BCUT2D eigenvalue weighted by atomic mass is 14.0. The van der Waals surface area contributed by atoms with E-state index < -0.39 is 0 Å². The first kappa shape index (κ1) is 13.0. The third kappa shape index (κ3) is 4.27. The van der Waals surface area contributed by atoms with Crippen molar-refractivity contribution in [2.45, 2.75) is 40.5 Å². The molecule has 0 fully saturated rings. The zero-order valence-corrected chi connectivity index (χ0v) is 9.93. The lowest BCUT2D eigenvalue weighted by Gasteiger charge is -2.04. The molecule has 0 radical (unpaired) electrons. The molecule has 0 heteroatoms. The predicted octanol–water partition coefficient (Wildman–Crippen LogP) is 4.31. The molecule has 14 heavy (non-hydrogen) atoms. The first-order chi connectivity index (χ1) is 6.69. The van der Waals surface area contributed by atoms with E-state index in [-0.39, 0.29) is 0 Å². The minimum Gasteiger partial charge on any atom is -0.103 e. The maximum atomic E-state index is 3.36. The van der Waals surface area contributed by atoms with Crippen molar-refractivity contribution < 1.29 is 0 Å². The van der Waals surface area contributed by atoms with Crippen LogP contribution < -0.4 is 0 Å². The summed E-state index contributed by atoms with van der Waals surface area (Å²) in [5, 5.41) is 0. The van der Waals surface area contributed by atoms with E-state index in [9.17, 15) is 0 Å². The van der Waals surface area contributed by atoms with Gasteiger partial charge in [0, 0.05) is 0 Å². The van der Waals surface area contributed by atoms with Gasteiger partial charge in [0.15, 0.2) is 0 Å². The van der Waals surface area contributed by atoms with Crippen molar-refractivity contribution in [1.29, 1.82) is 0 Å². The second-order valence-corrected chi connectivity index (χ2v) is 3.38. The molecule has 0 aliphatic carbocycles. The average Bonchev–Trinajstić information content (AvgIpc) is 2.19. The van der Waals surface area contributed by atoms with Crippen LogP contribution in [0.25, 0.3) is 0 Å². The van der Waals surface area contributed by atoms with Gasteiger partial charge in [-0.15, -0.1) is 6.58 Å². The van der Waals surface area contributed by atoms with Gasteiger partial charge in [0.2, 0.25) is 0 Å². The molecule has 0 unspecified atom stereocenters. The maximum absolute atomic E-state index is 3.36. The van der Waals surface area contributed by atoms with Crippen LogP contribution in [0.2, 0.25) is 0 Å². The predicted molar refractivity (Wildman–Crippen MR) is 65.8 cm³/mol. The lowest BCUT2D eigenvalue weighted by atomic mass is 10.0. The minimum atomic E-state index is 1.14. The Morgan fingerprint density at radius 2 is 1.79 bits per heavy atom. The Hall–Kier alpha value is -1.04. The van der Waals surface area contributed by atoms with Gasteiger partial charge in [-0.3, -0.25) is 0 Å². The van der Waals surface area contributed by atoms with Crippen LogP contribution in [-0.4, -0.2) is 0 Å². The van der Waals surface area contributed by atoms with Crippen molar-refractivity contribution in [1.82, 2.24) is 0 Å². The summed E-state index contributed by atoms with van der Waals surface area (Å²) >= 11 is 0. The Kier molecular flexibility index (Phi) is 6.82. The smallest absolute Gasteiger partial charge is 0.0305 e. The molecule has 78 valence electrons. The molecule has 0 spiro atoms. The molecule has 0 bridgehead atoms. The van der Waals surface area contributed by atoms with Gasteiger partial charge < -0.3 is 0 Å². The number of allylic oxidation sites excluding steroid dienone is 1. The molecule has 0 saturated heterocycles. The number of benzene rings is 1. The summed E-state index contributed by atoms with van der Waals surface area (Å²) in [6.07, 6.45) is 4.04. The molecule has 0 nitrogen and oxygen atoms in total. The minimum absolute atomic E-state index is 1.14. The zero-order valence-electron chi connectivity index (χ0n) is 9.93. The van der Waals surface area contributed by atoms with E-state index in [1.54, 1.807) is 6.08 Å². The second kappa shape index (κ2) is 7.37. The number of aryl methyl sites for hydroxylation is 3. The highest BCUT2D eigenvalue weighted by Crippen LogP contribution is 2.11. The number of hydrogen-bond acceptors (Lipinski definition) is 0. The maximum Gasteiger partial charge on any atom is -0.0305 e. The SMILES string of the molecule is C=CC.CCc1ccc(CC)c(C)c1. The van der Waals surface area contributed by atoms with E-state index in [4.69, 9.17) is 0 Å². The topological polar surface area (TPSA) is 0 Å². The van der Waals surface area contributed by atoms with Gasteiger partial charge >= 0.3 is 0 Å². The van der Waals surface area contributed by atoms with Gasteiger partial charge in [-0.05, 0) is 43.4 Å². The monoisotopic (exact) mass is 190 g/mol. The third-order valence-electron chi connectivity index (χ3n) is 2.20. The Morgan fingerprint density at radius 3 is 2.14 bits per heavy atom. The molecule has 0 aliphatic heterocycles. The molecule has 1 aromatic carbocycles. The molecule has 0 aliphatic rings. The van der Waals surface area contributed by atoms with Gasteiger partial charge in [-0.2, -0.15) is 0 Å². The Bertz CT molecular complexity index is 271. The molecule has 0 aromatic heterocycles. The molecule has 1 aromatic rings. The summed E-state index contributed by atoms with van der Waals surface area (Å²) in [6.45, 7) is 11.8. The van der Waals surface area contributed by atoms with E-state index in [0.717, 1.165) is 12.8 Å². The normalized spacial score (nSPS) is 8.86. The van der Waals surface area contributed by atoms with Crippen LogP contribution in [0.4, 0.5) is 0 Å². The Morgan fingerprint density at radius 1 is 1.21 bits per heavy atom. The Balaban J connectivity index is 0.000000500. The molecule has 0 amide bonds. The standard InChI is InChI=1S/C11H16.C3H6/c1-4-10-6-7-11(5-2)9(3)8-10;1-3-2/h6-8H,4-5H2,1-3H3;3H,1H2,2H3. The number of hydrogen-bond donors (Lipinski definition) is 0. The fourth-order valence-electron chi connectivity index (χ4n) is 1.37. The van der Waals surface area contributed by atoms with E-state index in [1.165, 1.54) is 16.7 Å². The van der Waals surface area contributed by atoms with E-state index in [0.29, 0.717) is 0 Å². The van der Waals surface area contributed by atoms with Crippen molar-refractivity contribution in [2.24, 2.45) is 0 Å². The average molecular weight is 190 g/mol. The number of rotatable bonds is 2. The first-order valence-electron chi connectivity index (χ1n) is 5.34. The van der Waals surface area contributed by atoms with Gasteiger partial charge in [-0.1, -0.05) is 38.1 Å². The van der Waals surface area contributed by atoms with E-state index in [1.807, 2.05) is 6.92 Å². The van der Waals surface area contributed by atoms with Crippen molar-refractivity contribution in [3.05, 3.63) is 47.5 Å². The van der Waals surface area contributed by atoms with Crippen LogP contribution in [0, 0.1) is 6.92 Å². The van der Waals surface area contributed by atoms with Crippen LogP contribution >= 0.6 is 0 Å². The fraction of sp³-hybridized carbons (Fsp3) is 0.429. The summed E-state index contributed by atoms with van der Waals surface area (Å²) in [7, 11) is 0.